The van der Waals surface area contributed by atoms with Gasteiger partial charge >= 0.3 is 0 Å². The molecule has 0 heterocycles. The summed E-state index contributed by atoms with van der Waals surface area (Å²) in [6, 6.07) is 7.30. The first-order chi connectivity index (χ1) is 7.09. The fourth-order valence-corrected chi connectivity index (χ4v) is 1.50. The topological polar surface area (TPSA) is 12.0 Å². The number of rotatable bonds is 5. The highest BCUT2D eigenvalue weighted by Gasteiger charge is 2.06. The summed E-state index contributed by atoms with van der Waals surface area (Å²) in [6.45, 7) is 7.41. The van der Waals surface area contributed by atoms with E-state index in [0.717, 1.165) is 18.5 Å². The Bertz CT molecular complexity index is 296. The zero-order valence-corrected chi connectivity index (χ0v) is 9.76. The van der Waals surface area contributed by atoms with E-state index in [4.69, 9.17) is 0 Å². The maximum atomic E-state index is 13.3. The molecule has 0 spiro atoms. The van der Waals surface area contributed by atoms with Crippen LogP contribution in [0.2, 0.25) is 0 Å². The highest BCUT2D eigenvalue weighted by atomic mass is 19.1. The summed E-state index contributed by atoms with van der Waals surface area (Å²) in [4.78, 5) is 0. The van der Waals surface area contributed by atoms with Gasteiger partial charge in [-0.1, -0.05) is 32.0 Å². The lowest BCUT2D eigenvalue weighted by atomic mass is 10.1. The molecular formula is C13H20FN. The lowest BCUT2D eigenvalue weighted by Gasteiger charge is -2.15. The van der Waals surface area contributed by atoms with Crippen LogP contribution in [0.3, 0.4) is 0 Å². The van der Waals surface area contributed by atoms with Gasteiger partial charge in [0.2, 0.25) is 0 Å². The van der Waals surface area contributed by atoms with Crippen LogP contribution in [0.4, 0.5) is 4.39 Å². The summed E-state index contributed by atoms with van der Waals surface area (Å²) in [5.74, 6) is 0.531. The van der Waals surface area contributed by atoms with Crippen molar-refractivity contribution >= 4 is 0 Å². The molecule has 2 heteroatoms. The van der Waals surface area contributed by atoms with Gasteiger partial charge in [0.15, 0.2) is 0 Å². The number of halogens is 1. The number of benzene rings is 1. The van der Waals surface area contributed by atoms with E-state index in [2.05, 4.69) is 26.1 Å². The van der Waals surface area contributed by atoms with Gasteiger partial charge in [-0.3, -0.25) is 0 Å². The Balaban J connectivity index is 2.44. The Kier molecular flexibility index (Phi) is 4.76. The third-order valence-corrected chi connectivity index (χ3v) is 2.36. The molecule has 1 nitrogen and oxygen atoms in total. The van der Waals surface area contributed by atoms with E-state index in [-0.39, 0.29) is 5.82 Å². The van der Waals surface area contributed by atoms with Crippen molar-refractivity contribution in [2.24, 2.45) is 5.92 Å². The van der Waals surface area contributed by atoms with Gasteiger partial charge in [0, 0.05) is 6.04 Å². The smallest absolute Gasteiger partial charge is 0.126 e. The Morgan fingerprint density at radius 1 is 1.20 bits per heavy atom. The van der Waals surface area contributed by atoms with Gasteiger partial charge in [-0.05, 0) is 37.4 Å². The number of nitrogens with one attached hydrogen (secondary N) is 1. The normalized spacial score (nSPS) is 13.1. The van der Waals surface area contributed by atoms with Crippen molar-refractivity contribution in [1.82, 2.24) is 5.32 Å². The molecule has 0 aliphatic rings. The molecule has 1 rings (SSSR count). The quantitative estimate of drug-likeness (QED) is 0.786. The largest absolute Gasteiger partial charge is 0.314 e. The molecular weight excluding hydrogens is 189 g/mol. The molecule has 0 amide bonds. The van der Waals surface area contributed by atoms with Gasteiger partial charge in [0.1, 0.15) is 5.82 Å². The molecule has 0 aliphatic carbocycles. The summed E-state index contributed by atoms with van der Waals surface area (Å²) in [5.41, 5.74) is 0.793. The van der Waals surface area contributed by atoms with Crippen molar-refractivity contribution in [1.29, 1.82) is 0 Å². The molecule has 84 valence electrons. The van der Waals surface area contributed by atoms with E-state index in [1.165, 1.54) is 6.07 Å². The van der Waals surface area contributed by atoms with Gasteiger partial charge < -0.3 is 5.32 Å². The van der Waals surface area contributed by atoms with Crippen LogP contribution in [0, 0.1) is 11.7 Å². The third-order valence-electron chi connectivity index (χ3n) is 2.36. The molecule has 1 aromatic carbocycles. The van der Waals surface area contributed by atoms with Crippen LogP contribution >= 0.6 is 0 Å². The highest BCUT2D eigenvalue weighted by Crippen LogP contribution is 2.09. The fraction of sp³-hybridized carbons (Fsp3) is 0.538. The van der Waals surface area contributed by atoms with E-state index >= 15 is 0 Å². The van der Waals surface area contributed by atoms with Crippen molar-refractivity contribution in [3.63, 3.8) is 0 Å². The summed E-state index contributed by atoms with van der Waals surface area (Å²) < 4.78 is 13.3. The van der Waals surface area contributed by atoms with Crippen molar-refractivity contribution in [3.05, 3.63) is 35.6 Å². The van der Waals surface area contributed by atoms with Crippen LogP contribution < -0.4 is 5.32 Å². The maximum absolute atomic E-state index is 13.3. The molecule has 0 aromatic heterocycles. The fourth-order valence-electron chi connectivity index (χ4n) is 1.50. The third kappa shape index (κ3) is 4.43. The minimum Gasteiger partial charge on any atom is -0.314 e. The van der Waals surface area contributed by atoms with E-state index in [9.17, 15) is 4.39 Å². The first-order valence-electron chi connectivity index (χ1n) is 5.56. The predicted octanol–water partition coefficient (Wildman–Crippen LogP) is 3.00. The van der Waals surface area contributed by atoms with Gasteiger partial charge in [0.05, 0.1) is 0 Å². The number of hydrogen-bond acceptors (Lipinski definition) is 1. The summed E-state index contributed by atoms with van der Waals surface area (Å²) in [7, 11) is 0. The lowest BCUT2D eigenvalue weighted by Crippen LogP contribution is -2.31. The molecule has 15 heavy (non-hydrogen) atoms. The molecule has 1 N–H and O–H groups in total. The molecule has 0 bridgehead atoms. The van der Waals surface area contributed by atoms with Gasteiger partial charge in [0.25, 0.3) is 0 Å². The Hall–Kier alpha value is -0.890. The van der Waals surface area contributed by atoms with Crippen LogP contribution in [0.25, 0.3) is 0 Å². The first kappa shape index (κ1) is 12.2. The van der Waals surface area contributed by atoms with Crippen molar-refractivity contribution in [3.8, 4) is 0 Å². The van der Waals surface area contributed by atoms with Gasteiger partial charge in [-0.25, -0.2) is 4.39 Å². The minimum atomic E-state index is -0.101. The maximum Gasteiger partial charge on any atom is 0.126 e. The molecule has 1 aromatic rings. The summed E-state index contributed by atoms with van der Waals surface area (Å²) >= 11 is 0. The molecule has 0 radical (unpaired) electrons. The second-order valence-corrected chi connectivity index (χ2v) is 4.50. The van der Waals surface area contributed by atoms with Crippen LogP contribution in [-0.2, 0) is 6.42 Å². The van der Waals surface area contributed by atoms with E-state index in [1.54, 1.807) is 6.07 Å². The molecule has 0 saturated carbocycles. The summed E-state index contributed by atoms with van der Waals surface area (Å²) in [6.07, 6.45) is 0.749. The average Bonchev–Trinajstić information content (AvgIpc) is 2.18. The second kappa shape index (κ2) is 5.86. The Morgan fingerprint density at radius 2 is 1.87 bits per heavy atom. The van der Waals surface area contributed by atoms with Crippen LogP contribution in [0.1, 0.15) is 26.3 Å². The van der Waals surface area contributed by atoms with E-state index < -0.39 is 0 Å². The minimum absolute atomic E-state index is 0.101. The second-order valence-electron chi connectivity index (χ2n) is 4.50. The van der Waals surface area contributed by atoms with Crippen molar-refractivity contribution in [2.75, 3.05) is 6.54 Å². The van der Waals surface area contributed by atoms with Gasteiger partial charge in [-0.15, -0.1) is 0 Å². The van der Waals surface area contributed by atoms with E-state index in [1.807, 2.05) is 12.1 Å². The zero-order valence-electron chi connectivity index (χ0n) is 9.76. The highest BCUT2D eigenvalue weighted by molar-refractivity contribution is 5.18. The van der Waals surface area contributed by atoms with Crippen LogP contribution in [0.5, 0.6) is 0 Å². The Labute approximate surface area is 91.7 Å². The van der Waals surface area contributed by atoms with Crippen molar-refractivity contribution < 1.29 is 4.39 Å². The lowest BCUT2D eigenvalue weighted by molar-refractivity contribution is 0.475. The first-order valence-corrected chi connectivity index (χ1v) is 5.56. The van der Waals surface area contributed by atoms with Crippen molar-refractivity contribution in [2.45, 2.75) is 33.2 Å². The Morgan fingerprint density at radius 3 is 2.47 bits per heavy atom. The molecule has 0 saturated heterocycles. The zero-order chi connectivity index (χ0) is 11.3. The predicted molar refractivity (Wildman–Crippen MR) is 62.4 cm³/mol. The summed E-state index contributed by atoms with van der Waals surface area (Å²) in [5, 5.41) is 3.39. The number of hydrogen-bond donors (Lipinski definition) is 1. The SMILES string of the molecule is CC(C)CNC(C)Cc1ccccc1F. The van der Waals surface area contributed by atoms with Crippen LogP contribution in [0.15, 0.2) is 24.3 Å². The van der Waals surface area contributed by atoms with Gasteiger partial charge in [-0.2, -0.15) is 0 Å². The molecule has 1 atom stereocenters. The standard InChI is InChI=1S/C13H20FN/c1-10(2)9-15-11(3)8-12-6-4-5-7-13(12)14/h4-7,10-11,15H,8-9H2,1-3H3. The molecule has 1 unspecified atom stereocenters. The average molecular weight is 209 g/mol. The molecule has 0 fully saturated rings. The van der Waals surface area contributed by atoms with Crippen LogP contribution in [-0.4, -0.2) is 12.6 Å². The monoisotopic (exact) mass is 209 g/mol. The molecule has 0 aliphatic heterocycles. The van der Waals surface area contributed by atoms with E-state index in [0.29, 0.717) is 12.0 Å².